The van der Waals surface area contributed by atoms with E-state index in [0.29, 0.717) is 12.8 Å². The molecule has 152 valence electrons. The van der Waals surface area contributed by atoms with Crippen molar-refractivity contribution in [3.63, 3.8) is 0 Å². The average molecular weight is 390 g/mol. The van der Waals surface area contributed by atoms with Crippen molar-refractivity contribution in [2.45, 2.75) is 94.8 Å². The molecule has 0 bridgehead atoms. The Hall–Kier alpha value is -0.670. The van der Waals surface area contributed by atoms with E-state index in [0.717, 1.165) is 26.2 Å². The van der Waals surface area contributed by atoms with Gasteiger partial charge in [-0.15, -0.1) is 0 Å². The lowest BCUT2D eigenvalue weighted by atomic mass is 9.87. The molecule has 0 spiro atoms. The summed E-state index contributed by atoms with van der Waals surface area (Å²) < 4.78 is 115. The van der Waals surface area contributed by atoms with Gasteiger partial charge in [0.15, 0.2) is 0 Å². The summed E-state index contributed by atoms with van der Waals surface area (Å²) in [6.45, 7) is 2.68. The molecule has 1 unspecified atom stereocenters. The first kappa shape index (κ1) is 24.3. The molecule has 1 atom stereocenters. The van der Waals surface area contributed by atoms with Crippen molar-refractivity contribution in [3.8, 4) is 0 Å². The predicted molar refractivity (Wildman–Crippen MR) is 74.1 cm³/mol. The molecule has 0 fully saturated rings. The zero-order valence-corrected chi connectivity index (χ0v) is 14.0. The summed E-state index contributed by atoms with van der Waals surface area (Å²) in [5.74, 6) is -19.3. The third kappa shape index (κ3) is 6.21. The van der Waals surface area contributed by atoms with Gasteiger partial charge < -0.3 is 5.11 Å². The Bertz CT molecular complexity index is 402. The highest BCUT2D eigenvalue weighted by Crippen LogP contribution is 2.55. The van der Waals surface area contributed by atoms with Gasteiger partial charge in [-0.25, -0.2) is 0 Å². The van der Waals surface area contributed by atoms with Crippen LogP contribution in [0.15, 0.2) is 0 Å². The lowest BCUT2D eigenvalue weighted by molar-refractivity contribution is -0.399. The quantitative estimate of drug-likeness (QED) is 0.322. The van der Waals surface area contributed by atoms with Crippen LogP contribution in [0.1, 0.15) is 65.2 Å². The lowest BCUT2D eigenvalue weighted by Crippen LogP contribution is -2.62. The fraction of sp³-hybridized carbons (Fsp3) is 1.00. The molecule has 0 amide bonds. The summed E-state index contributed by atoms with van der Waals surface area (Å²) in [6, 6.07) is 0. The first-order valence-electron chi connectivity index (χ1n) is 7.94. The van der Waals surface area contributed by atoms with Gasteiger partial charge in [0, 0.05) is 6.42 Å². The Morgan fingerprint density at radius 1 is 0.680 bits per heavy atom. The van der Waals surface area contributed by atoms with Gasteiger partial charge in [0.25, 0.3) is 0 Å². The fourth-order valence-corrected chi connectivity index (χ4v) is 2.37. The van der Waals surface area contributed by atoms with E-state index in [9.17, 15) is 44.6 Å². The van der Waals surface area contributed by atoms with Crippen LogP contribution in [0.3, 0.4) is 0 Å². The average Bonchev–Trinajstić information content (AvgIpc) is 2.39. The summed E-state index contributed by atoms with van der Waals surface area (Å²) in [7, 11) is 0. The molecule has 0 rings (SSSR count). The Labute approximate surface area is 140 Å². The normalized spacial score (nSPS) is 16.8. The monoisotopic (exact) mass is 390 g/mol. The van der Waals surface area contributed by atoms with Crippen LogP contribution in [0.2, 0.25) is 0 Å². The zero-order chi connectivity index (χ0) is 20.2. The molecule has 0 aromatic rings. The standard InChI is InChI=1S/C15H23F9O/c1-3-4-5-6-7-8-9-11(2,25)10-12(16,17)13(18,19)14(20,21)15(22,23)24/h25H,3-10H2,1-2H3. The van der Waals surface area contributed by atoms with Crippen LogP contribution in [-0.4, -0.2) is 34.7 Å². The number of alkyl halides is 9. The number of aliphatic hydroxyl groups is 1. The first-order chi connectivity index (χ1) is 11.0. The van der Waals surface area contributed by atoms with Crippen LogP contribution in [-0.2, 0) is 0 Å². The van der Waals surface area contributed by atoms with Gasteiger partial charge >= 0.3 is 23.9 Å². The fourth-order valence-electron chi connectivity index (χ4n) is 2.37. The van der Waals surface area contributed by atoms with Crippen LogP contribution in [0, 0.1) is 0 Å². The Morgan fingerprint density at radius 3 is 1.56 bits per heavy atom. The summed E-state index contributed by atoms with van der Waals surface area (Å²) in [5.41, 5.74) is -2.50. The lowest BCUT2D eigenvalue weighted by Gasteiger charge is -2.37. The van der Waals surface area contributed by atoms with E-state index in [2.05, 4.69) is 0 Å². The van der Waals surface area contributed by atoms with Crippen molar-refractivity contribution in [3.05, 3.63) is 0 Å². The maximum absolute atomic E-state index is 13.5. The largest absolute Gasteiger partial charge is 0.460 e. The second kappa shape index (κ2) is 8.35. The highest BCUT2D eigenvalue weighted by Gasteiger charge is 2.81. The van der Waals surface area contributed by atoms with Gasteiger partial charge in [-0.2, -0.15) is 39.5 Å². The molecule has 0 aromatic carbocycles. The molecule has 0 aromatic heterocycles. The molecule has 25 heavy (non-hydrogen) atoms. The minimum absolute atomic E-state index is 0.161. The predicted octanol–water partition coefficient (Wildman–Crippen LogP) is 6.35. The molecular weight excluding hydrogens is 367 g/mol. The minimum Gasteiger partial charge on any atom is -0.390 e. The van der Waals surface area contributed by atoms with Crippen molar-refractivity contribution >= 4 is 0 Å². The third-order valence-corrected chi connectivity index (χ3v) is 3.88. The van der Waals surface area contributed by atoms with Gasteiger partial charge in [0.2, 0.25) is 0 Å². The molecule has 0 aliphatic rings. The first-order valence-corrected chi connectivity index (χ1v) is 7.94. The van der Waals surface area contributed by atoms with Crippen molar-refractivity contribution in [2.75, 3.05) is 0 Å². The van der Waals surface area contributed by atoms with Crippen molar-refractivity contribution in [1.82, 2.24) is 0 Å². The topological polar surface area (TPSA) is 20.2 Å². The van der Waals surface area contributed by atoms with Crippen molar-refractivity contribution in [2.24, 2.45) is 0 Å². The van der Waals surface area contributed by atoms with E-state index >= 15 is 0 Å². The Kier molecular flexibility index (Phi) is 8.12. The van der Waals surface area contributed by atoms with Crippen molar-refractivity contribution in [1.29, 1.82) is 0 Å². The van der Waals surface area contributed by atoms with Gasteiger partial charge in [0.1, 0.15) is 0 Å². The number of unbranched alkanes of at least 4 members (excludes halogenated alkanes) is 5. The summed E-state index contributed by atoms with van der Waals surface area (Å²) in [5, 5.41) is 9.75. The number of hydrogen-bond donors (Lipinski definition) is 1. The zero-order valence-electron chi connectivity index (χ0n) is 14.0. The van der Waals surface area contributed by atoms with Crippen LogP contribution in [0.5, 0.6) is 0 Å². The van der Waals surface area contributed by atoms with E-state index in [1.54, 1.807) is 0 Å². The Balaban J connectivity index is 4.91. The molecular formula is C15H23F9O. The molecule has 0 heterocycles. The highest BCUT2D eigenvalue weighted by atomic mass is 19.4. The van der Waals surface area contributed by atoms with Gasteiger partial charge in [0.05, 0.1) is 5.60 Å². The second-order valence-corrected chi connectivity index (χ2v) is 6.54. The van der Waals surface area contributed by atoms with Crippen LogP contribution >= 0.6 is 0 Å². The van der Waals surface area contributed by atoms with E-state index in [1.165, 1.54) is 0 Å². The van der Waals surface area contributed by atoms with E-state index in [1.807, 2.05) is 6.92 Å². The number of hydrogen-bond acceptors (Lipinski definition) is 1. The molecule has 0 radical (unpaired) electrons. The molecule has 1 N–H and O–H groups in total. The van der Waals surface area contributed by atoms with Crippen LogP contribution in [0.25, 0.3) is 0 Å². The molecule has 0 aliphatic carbocycles. The van der Waals surface area contributed by atoms with Gasteiger partial charge in [-0.3, -0.25) is 0 Å². The number of rotatable bonds is 11. The van der Waals surface area contributed by atoms with E-state index in [4.69, 9.17) is 0 Å². The molecule has 0 saturated heterocycles. The molecule has 10 heteroatoms. The maximum atomic E-state index is 13.5. The summed E-state index contributed by atoms with van der Waals surface area (Å²) in [6.07, 6.45) is -5.35. The maximum Gasteiger partial charge on any atom is 0.460 e. The summed E-state index contributed by atoms with van der Waals surface area (Å²) >= 11 is 0. The van der Waals surface area contributed by atoms with Crippen LogP contribution in [0.4, 0.5) is 39.5 Å². The molecule has 0 saturated carbocycles. The number of halogens is 9. The molecule has 1 nitrogen and oxygen atoms in total. The smallest absolute Gasteiger partial charge is 0.390 e. The van der Waals surface area contributed by atoms with Crippen LogP contribution < -0.4 is 0 Å². The second-order valence-electron chi connectivity index (χ2n) is 6.54. The Morgan fingerprint density at radius 2 is 1.12 bits per heavy atom. The van der Waals surface area contributed by atoms with Gasteiger partial charge in [-0.05, 0) is 13.3 Å². The highest BCUT2D eigenvalue weighted by molar-refractivity contribution is 5.02. The third-order valence-electron chi connectivity index (χ3n) is 3.88. The molecule has 0 aliphatic heterocycles. The van der Waals surface area contributed by atoms with E-state index in [-0.39, 0.29) is 6.42 Å². The SMILES string of the molecule is CCCCCCCCC(C)(O)CC(F)(F)C(F)(F)C(F)(F)C(F)(F)F. The van der Waals surface area contributed by atoms with Gasteiger partial charge in [-0.1, -0.05) is 45.4 Å². The summed E-state index contributed by atoms with van der Waals surface area (Å²) in [4.78, 5) is 0. The minimum atomic E-state index is -6.92. The van der Waals surface area contributed by atoms with Crippen molar-refractivity contribution < 1.29 is 44.6 Å². The van der Waals surface area contributed by atoms with E-state index < -0.39 is 42.4 Å².